The molecule has 0 aliphatic carbocycles. The second-order valence-electron chi connectivity index (χ2n) is 5.74. The van der Waals surface area contributed by atoms with E-state index in [1.54, 1.807) is 18.1 Å². The first kappa shape index (κ1) is 16.6. The van der Waals surface area contributed by atoms with Crippen molar-refractivity contribution in [3.63, 3.8) is 0 Å². The van der Waals surface area contributed by atoms with Crippen LogP contribution in [-0.4, -0.2) is 49.5 Å². The zero-order valence-electron chi connectivity index (χ0n) is 12.8. The number of ether oxygens (including phenoxy) is 3. The molecule has 0 aromatic rings. The van der Waals surface area contributed by atoms with Crippen LogP contribution in [0.25, 0.3) is 0 Å². The first-order chi connectivity index (χ1) is 9.35. The summed E-state index contributed by atoms with van der Waals surface area (Å²) in [5.74, 6) is 0.829. The number of hydrogen-bond acceptors (Lipinski definition) is 4. The summed E-state index contributed by atoms with van der Waals surface area (Å²) >= 11 is 0. The molecule has 0 aromatic heterocycles. The highest BCUT2D eigenvalue weighted by molar-refractivity contribution is 5.69. The van der Waals surface area contributed by atoms with Crippen LogP contribution in [0.2, 0.25) is 0 Å². The van der Waals surface area contributed by atoms with Crippen molar-refractivity contribution in [2.75, 3.05) is 26.8 Å². The maximum Gasteiger partial charge on any atom is 0.410 e. The van der Waals surface area contributed by atoms with E-state index in [-0.39, 0.29) is 12.2 Å². The van der Waals surface area contributed by atoms with Crippen molar-refractivity contribution in [1.82, 2.24) is 4.90 Å². The van der Waals surface area contributed by atoms with Gasteiger partial charge < -0.3 is 19.1 Å². The molecule has 1 saturated heterocycles. The average Bonchev–Trinajstić information content (AvgIpc) is 2.27. The maximum atomic E-state index is 11.8. The predicted molar refractivity (Wildman–Crippen MR) is 77.5 cm³/mol. The Hall–Kier alpha value is -1.49. The normalized spacial score (nSPS) is 16.6. The van der Waals surface area contributed by atoms with Crippen LogP contribution in [0.4, 0.5) is 4.79 Å². The molecule has 1 heterocycles. The number of rotatable bonds is 6. The highest BCUT2D eigenvalue weighted by atomic mass is 16.6. The van der Waals surface area contributed by atoms with E-state index < -0.39 is 5.60 Å². The minimum Gasteiger partial charge on any atom is -0.491 e. The molecule has 114 valence electrons. The second kappa shape index (κ2) is 7.33. The number of nitrogens with zero attached hydrogens (tertiary/aromatic N) is 1. The van der Waals surface area contributed by atoms with Crippen LogP contribution in [-0.2, 0) is 14.2 Å². The summed E-state index contributed by atoms with van der Waals surface area (Å²) in [4.78, 5) is 13.4. The molecule has 20 heavy (non-hydrogen) atoms. The minimum absolute atomic E-state index is 0.0191. The molecular weight excluding hydrogens is 258 g/mol. The van der Waals surface area contributed by atoms with Gasteiger partial charge in [0.05, 0.1) is 25.5 Å². The SMILES string of the molecule is C=C/C=C(\CCOC)OC1CN(C(=O)OC(C)(C)C)C1. The van der Waals surface area contributed by atoms with Crippen molar-refractivity contribution in [3.8, 4) is 0 Å². The van der Waals surface area contributed by atoms with Gasteiger partial charge in [-0.05, 0) is 26.8 Å². The summed E-state index contributed by atoms with van der Waals surface area (Å²) in [5.41, 5.74) is -0.463. The van der Waals surface area contributed by atoms with Crippen LogP contribution in [0.3, 0.4) is 0 Å². The van der Waals surface area contributed by atoms with Crippen LogP contribution < -0.4 is 0 Å². The lowest BCUT2D eigenvalue weighted by atomic mass is 10.1. The van der Waals surface area contributed by atoms with Crippen molar-refractivity contribution >= 4 is 6.09 Å². The van der Waals surface area contributed by atoms with Gasteiger partial charge in [-0.2, -0.15) is 0 Å². The second-order valence-corrected chi connectivity index (χ2v) is 5.74. The smallest absolute Gasteiger partial charge is 0.410 e. The van der Waals surface area contributed by atoms with E-state index in [0.717, 1.165) is 5.76 Å². The third-order valence-electron chi connectivity index (χ3n) is 2.67. The van der Waals surface area contributed by atoms with Gasteiger partial charge in [0, 0.05) is 13.5 Å². The van der Waals surface area contributed by atoms with E-state index in [2.05, 4.69) is 6.58 Å². The molecule has 0 spiro atoms. The van der Waals surface area contributed by atoms with E-state index in [4.69, 9.17) is 14.2 Å². The van der Waals surface area contributed by atoms with Gasteiger partial charge in [0.25, 0.3) is 0 Å². The molecule has 0 atom stereocenters. The fourth-order valence-corrected chi connectivity index (χ4v) is 1.72. The van der Waals surface area contributed by atoms with Crippen molar-refractivity contribution < 1.29 is 19.0 Å². The van der Waals surface area contributed by atoms with Crippen LogP contribution >= 0.6 is 0 Å². The molecular formula is C15H25NO4. The Labute approximate surface area is 121 Å². The predicted octanol–water partition coefficient (Wildman–Crippen LogP) is 2.73. The van der Waals surface area contributed by atoms with Gasteiger partial charge in [0.15, 0.2) is 0 Å². The molecule has 0 radical (unpaired) electrons. The number of allylic oxidation sites excluding steroid dienone is 2. The highest BCUT2D eigenvalue weighted by Gasteiger charge is 2.35. The Kier molecular flexibility index (Phi) is 6.07. The Balaban J connectivity index is 2.35. The first-order valence-electron chi connectivity index (χ1n) is 6.81. The first-order valence-corrected chi connectivity index (χ1v) is 6.81. The number of carbonyl (C=O) groups is 1. The lowest BCUT2D eigenvalue weighted by Crippen LogP contribution is -2.55. The largest absolute Gasteiger partial charge is 0.491 e. The Morgan fingerprint density at radius 3 is 2.55 bits per heavy atom. The van der Waals surface area contributed by atoms with Gasteiger partial charge in [-0.3, -0.25) is 0 Å². The maximum absolute atomic E-state index is 11.8. The molecule has 0 aromatic carbocycles. The fraction of sp³-hybridized carbons (Fsp3) is 0.667. The van der Waals surface area contributed by atoms with E-state index in [1.807, 2.05) is 26.8 Å². The van der Waals surface area contributed by atoms with Gasteiger partial charge in [-0.15, -0.1) is 0 Å². The summed E-state index contributed by atoms with van der Waals surface area (Å²) in [5, 5.41) is 0. The third kappa shape index (κ3) is 5.65. The standard InChI is InChI=1S/C15H25NO4/c1-6-7-12(8-9-18-5)19-13-10-16(11-13)14(17)20-15(2,3)4/h6-7,13H,1,8-11H2,2-5H3/b12-7+. The fourth-order valence-electron chi connectivity index (χ4n) is 1.72. The molecule has 5 nitrogen and oxygen atoms in total. The molecule has 1 rings (SSSR count). The van der Waals surface area contributed by atoms with Crippen LogP contribution in [0.15, 0.2) is 24.5 Å². The molecule has 1 amide bonds. The third-order valence-corrected chi connectivity index (χ3v) is 2.67. The van der Waals surface area contributed by atoms with E-state index in [9.17, 15) is 4.79 Å². The highest BCUT2D eigenvalue weighted by Crippen LogP contribution is 2.20. The monoisotopic (exact) mass is 283 g/mol. The van der Waals surface area contributed by atoms with Crippen LogP contribution in [0.5, 0.6) is 0 Å². The molecule has 0 saturated carbocycles. The van der Waals surface area contributed by atoms with Gasteiger partial charge in [0.1, 0.15) is 11.7 Å². The zero-order chi connectivity index (χ0) is 15.2. The summed E-state index contributed by atoms with van der Waals surface area (Å²) < 4.78 is 16.1. The number of carbonyl (C=O) groups excluding carboxylic acids is 1. The minimum atomic E-state index is -0.463. The van der Waals surface area contributed by atoms with Crippen molar-refractivity contribution in [2.45, 2.75) is 38.9 Å². The number of hydrogen-bond donors (Lipinski definition) is 0. The summed E-state index contributed by atoms with van der Waals surface area (Å²) in [6, 6.07) is 0. The van der Waals surface area contributed by atoms with E-state index in [1.165, 1.54) is 0 Å². The summed E-state index contributed by atoms with van der Waals surface area (Å²) in [7, 11) is 1.65. The molecule has 5 heteroatoms. The Morgan fingerprint density at radius 2 is 2.05 bits per heavy atom. The molecule has 1 fully saturated rings. The molecule has 1 aliphatic rings. The van der Waals surface area contributed by atoms with Crippen molar-refractivity contribution in [3.05, 3.63) is 24.5 Å². The summed E-state index contributed by atoms with van der Waals surface area (Å²) in [6.07, 6.45) is 3.95. The van der Waals surface area contributed by atoms with Crippen LogP contribution in [0, 0.1) is 0 Å². The number of likely N-dealkylation sites (tertiary alicyclic amines) is 1. The lowest BCUT2D eigenvalue weighted by molar-refractivity contribution is -0.0446. The Morgan fingerprint density at radius 1 is 1.40 bits per heavy atom. The quantitative estimate of drug-likeness (QED) is 0.555. The topological polar surface area (TPSA) is 48.0 Å². The van der Waals surface area contributed by atoms with Gasteiger partial charge in [-0.1, -0.05) is 12.7 Å². The van der Waals surface area contributed by atoms with Gasteiger partial charge in [-0.25, -0.2) is 4.79 Å². The lowest BCUT2D eigenvalue weighted by Gasteiger charge is -2.39. The zero-order valence-corrected chi connectivity index (χ0v) is 12.8. The molecule has 1 aliphatic heterocycles. The average molecular weight is 283 g/mol. The van der Waals surface area contributed by atoms with Crippen molar-refractivity contribution in [2.24, 2.45) is 0 Å². The van der Waals surface area contributed by atoms with E-state index in [0.29, 0.717) is 26.1 Å². The van der Waals surface area contributed by atoms with Crippen molar-refractivity contribution in [1.29, 1.82) is 0 Å². The number of methoxy groups -OCH3 is 1. The van der Waals surface area contributed by atoms with Gasteiger partial charge in [0.2, 0.25) is 0 Å². The number of amides is 1. The van der Waals surface area contributed by atoms with E-state index >= 15 is 0 Å². The Bertz CT molecular complexity index is 365. The van der Waals surface area contributed by atoms with Crippen LogP contribution in [0.1, 0.15) is 27.2 Å². The molecule has 0 unspecified atom stereocenters. The molecule has 0 N–H and O–H groups in total. The summed E-state index contributed by atoms with van der Waals surface area (Å²) in [6.45, 7) is 10.9. The van der Waals surface area contributed by atoms with Gasteiger partial charge >= 0.3 is 6.09 Å². The molecule has 0 bridgehead atoms.